The maximum Gasteiger partial charge on any atom is 0.189 e. The Morgan fingerprint density at radius 3 is 2.44 bits per heavy atom. The molecule has 1 heterocycles. The fourth-order valence-electron chi connectivity index (χ4n) is 3.56. The van der Waals surface area contributed by atoms with Crippen molar-refractivity contribution in [3.8, 4) is 0 Å². The summed E-state index contributed by atoms with van der Waals surface area (Å²) in [6, 6.07) is 8.97. The van der Waals surface area contributed by atoms with Crippen LogP contribution in [-0.2, 0) is 6.54 Å². The summed E-state index contributed by atoms with van der Waals surface area (Å²) in [6.07, 6.45) is 5.74. The third-order valence-electron chi connectivity index (χ3n) is 5.42. The Labute approximate surface area is 165 Å². The molecule has 1 fully saturated rings. The summed E-state index contributed by atoms with van der Waals surface area (Å²) < 4.78 is 0. The number of nitrogens with one attached hydrogen (secondary N) is 1. The van der Waals surface area contributed by atoms with Crippen LogP contribution in [0.3, 0.4) is 0 Å². The topological polar surface area (TPSA) is 73.9 Å². The standard InChI is InChI=1S/C22H38N4O/c1-17(2)5-4-6-18(3)25-22(23)24-15-19-7-9-21(10-8-19)26-13-11-20(16-27)12-14-26/h7-10,17-18,20,27H,4-6,11-16H2,1-3H3,(H3,23,24,25). The second-order valence-corrected chi connectivity index (χ2v) is 8.35. The van der Waals surface area contributed by atoms with Crippen molar-refractivity contribution in [1.82, 2.24) is 5.32 Å². The number of aliphatic imine (C=N–C) groups is 1. The highest BCUT2D eigenvalue weighted by atomic mass is 16.3. The Morgan fingerprint density at radius 1 is 1.19 bits per heavy atom. The first-order valence-electron chi connectivity index (χ1n) is 10.5. The summed E-state index contributed by atoms with van der Waals surface area (Å²) >= 11 is 0. The molecule has 0 radical (unpaired) electrons. The number of nitrogens with zero attached hydrogens (tertiary/aromatic N) is 2. The van der Waals surface area contributed by atoms with Crippen LogP contribution < -0.4 is 16.0 Å². The molecule has 0 aromatic heterocycles. The molecule has 0 saturated carbocycles. The lowest BCUT2D eigenvalue weighted by atomic mass is 9.97. The predicted octanol–water partition coefficient (Wildman–Crippen LogP) is 3.51. The first kappa shape index (κ1) is 21.5. The highest BCUT2D eigenvalue weighted by Gasteiger charge is 2.18. The van der Waals surface area contributed by atoms with Gasteiger partial charge in [0.1, 0.15) is 0 Å². The Morgan fingerprint density at radius 2 is 1.85 bits per heavy atom. The summed E-state index contributed by atoms with van der Waals surface area (Å²) in [6.45, 7) is 9.65. The molecular formula is C22H38N4O. The summed E-state index contributed by atoms with van der Waals surface area (Å²) in [5.41, 5.74) is 8.46. The Bertz CT molecular complexity index is 562. The molecule has 152 valence electrons. The maximum atomic E-state index is 9.26. The van der Waals surface area contributed by atoms with Gasteiger partial charge in [-0.1, -0.05) is 38.8 Å². The van der Waals surface area contributed by atoms with Crippen LogP contribution in [0.1, 0.15) is 58.4 Å². The fraction of sp³-hybridized carbons (Fsp3) is 0.682. The number of rotatable bonds is 9. The normalized spacial score (nSPS) is 17.4. The molecule has 5 nitrogen and oxygen atoms in total. The van der Waals surface area contributed by atoms with Gasteiger partial charge in [0.05, 0.1) is 6.54 Å². The molecule has 5 heteroatoms. The number of piperidine rings is 1. The van der Waals surface area contributed by atoms with Crippen molar-refractivity contribution < 1.29 is 5.11 Å². The van der Waals surface area contributed by atoms with Crippen molar-refractivity contribution in [2.45, 2.75) is 65.5 Å². The molecule has 0 bridgehead atoms. The van der Waals surface area contributed by atoms with E-state index in [4.69, 9.17) is 5.73 Å². The smallest absolute Gasteiger partial charge is 0.189 e. The van der Waals surface area contributed by atoms with Crippen LogP contribution >= 0.6 is 0 Å². The number of aliphatic hydroxyl groups is 1. The van der Waals surface area contributed by atoms with Crippen LogP contribution in [0.25, 0.3) is 0 Å². The van der Waals surface area contributed by atoms with Gasteiger partial charge in [-0.15, -0.1) is 0 Å². The zero-order valence-corrected chi connectivity index (χ0v) is 17.3. The van der Waals surface area contributed by atoms with Crippen molar-refractivity contribution >= 4 is 11.6 Å². The highest BCUT2D eigenvalue weighted by molar-refractivity contribution is 5.78. The molecule has 1 atom stereocenters. The third kappa shape index (κ3) is 7.79. The van der Waals surface area contributed by atoms with Crippen LogP contribution in [0.5, 0.6) is 0 Å². The molecule has 1 aliphatic heterocycles. The average molecular weight is 375 g/mol. The second-order valence-electron chi connectivity index (χ2n) is 8.35. The first-order valence-corrected chi connectivity index (χ1v) is 10.5. The lowest BCUT2D eigenvalue weighted by Crippen LogP contribution is -2.38. The van der Waals surface area contributed by atoms with Crippen molar-refractivity contribution in [2.24, 2.45) is 22.6 Å². The molecule has 1 saturated heterocycles. The van der Waals surface area contributed by atoms with Gasteiger partial charge in [-0.2, -0.15) is 0 Å². The van der Waals surface area contributed by atoms with E-state index in [0.717, 1.165) is 38.3 Å². The van der Waals surface area contributed by atoms with E-state index in [2.05, 4.69) is 60.2 Å². The van der Waals surface area contributed by atoms with E-state index in [0.29, 0.717) is 31.1 Å². The van der Waals surface area contributed by atoms with E-state index in [1.807, 2.05) is 0 Å². The van der Waals surface area contributed by atoms with Crippen LogP contribution in [0.4, 0.5) is 5.69 Å². The minimum atomic E-state index is 0.316. The number of anilines is 1. The zero-order chi connectivity index (χ0) is 19.6. The lowest BCUT2D eigenvalue weighted by Gasteiger charge is -2.32. The highest BCUT2D eigenvalue weighted by Crippen LogP contribution is 2.23. The first-order chi connectivity index (χ1) is 13.0. The number of guanidine groups is 1. The van der Waals surface area contributed by atoms with Gasteiger partial charge in [0.15, 0.2) is 5.96 Å². The predicted molar refractivity (Wildman–Crippen MR) is 115 cm³/mol. The van der Waals surface area contributed by atoms with Crippen molar-refractivity contribution in [2.75, 3.05) is 24.6 Å². The quantitative estimate of drug-likeness (QED) is 0.457. The largest absolute Gasteiger partial charge is 0.396 e. The van der Waals surface area contributed by atoms with Crippen molar-refractivity contribution in [3.05, 3.63) is 29.8 Å². The number of hydrogen-bond donors (Lipinski definition) is 3. The van der Waals surface area contributed by atoms with Gasteiger partial charge in [-0.25, -0.2) is 4.99 Å². The Hall–Kier alpha value is -1.75. The van der Waals surface area contributed by atoms with Gasteiger partial charge >= 0.3 is 0 Å². The Kier molecular flexibility index (Phi) is 8.92. The molecule has 1 aromatic carbocycles. The molecule has 1 aliphatic rings. The van der Waals surface area contributed by atoms with E-state index in [-0.39, 0.29) is 0 Å². The van der Waals surface area contributed by atoms with Crippen molar-refractivity contribution in [1.29, 1.82) is 0 Å². The minimum absolute atomic E-state index is 0.316. The number of nitrogens with two attached hydrogens (primary N) is 1. The van der Waals surface area contributed by atoms with E-state index in [9.17, 15) is 5.11 Å². The van der Waals surface area contributed by atoms with Gasteiger partial charge in [0.25, 0.3) is 0 Å². The fourth-order valence-corrected chi connectivity index (χ4v) is 3.56. The summed E-state index contributed by atoms with van der Waals surface area (Å²) in [5.74, 6) is 1.76. The molecule has 1 aromatic rings. The number of aliphatic hydroxyl groups excluding tert-OH is 1. The summed E-state index contributed by atoms with van der Waals surface area (Å²) in [4.78, 5) is 6.88. The van der Waals surface area contributed by atoms with Gasteiger partial charge in [-0.3, -0.25) is 0 Å². The van der Waals surface area contributed by atoms with Gasteiger partial charge < -0.3 is 21.1 Å². The SMILES string of the molecule is CC(C)CCCC(C)NC(N)=NCc1ccc(N2CCC(CO)CC2)cc1. The van der Waals surface area contributed by atoms with E-state index in [1.165, 1.54) is 24.1 Å². The average Bonchev–Trinajstić information content (AvgIpc) is 2.66. The number of hydrogen-bond acceptors (Lipinski definition) is 3. The second kappa shape index (κ2) is 11.2. The van der Waals surface area contributed by atoms with Crippen LogP contribution in [0, 0.1) is 11.8 Å². The molecule has 1 unspecified atom stereocenters. The Balaban J connectivity index is 1.76. The van der Waals surface area contributed by atoms with E-state index >= 15 is 0 Å². The van der Waals surface area contributed by atoms with Gasteiger partial charge in [-0.05, 0) is 55.7 Å². The molecule has 27 heavy (non-hydrogen) atoms. The zero-order valence-electron chi connectivity index (χ0n) is 17.3. The molecule has 0 aliphatic carbocycles. The van der Waals surface area contributed by atoms with Crippen LogP contribution in [-0.4, -0.2) is 36.8 Å². The van der Waals surface area contributed by atoms with Crippen molar-refractivity contribution in [3.63, 3.8) is 0 Å². The van der Waals surface area contributed by atoms with E-state index < -0.39 is 0 Å². The van der Waals surface area contributed by atoms with Crippen LogP contribution in [0.15, 0.2) is 29.3 Å². The molecular weight excluding hydrogens is 336 g/mol. The maximum absolute atomic E-state index is 9.26. The third-order valence-corrected chi connectivity index (χ3v) is 5.42. The minimum Gasteiger partial charge on any atom is -0.396 e. The summed E-state index contributed by atoms with van der Waals surface area (Å²) in [7, 11) is 0. The van der Waals surface area contributed by atoms with Crippen LogP contribution in [0.2, 0.25) is 0 Å². The monoisotopic (exact) mass is 374 g/mol. The molecule has 0 amide bonds. The molecule has 0 spiro atoms. The molecule has 2 rings (SSSR count). The lowest BCUT2D eigenvalue weighted by molar-refractivity contribution is 0.203. The van der Waals surface area contributed by atoms with E-state index in [1.54, 1.807) is 0 Å². The van der Waals surface area contributed by atoms with Gasteiger partial charge in [0.2, 0.25) is 0 Å². The number of benzene rings is 1. The van der Waals surface area contributed by atoms with Gasteiger partial charge in [0, 0.05) is 31.4 Å². The summed E-state index contributed by atoms with van der Waals surface area (Å²) in [5, 5.41) is 12.6. The molecule has 4 N–H and O–H groups in total.